The van der Waals surface area contributed by atoms with Crippen LogP contribution in [0.5, 0.6) is 0 Å². The third-order valence-electron chi connectivity index (χ3n) is 4.42. The third kappa shape index (κ3) is 4.24. The van der Waals surface area contributed by atoms with Crippen molar-refractivity contribution in [1.29, 1.82) is 0 Å². The zero-order valence-electron chi connectivity index (χ0n) is 14.2. The van der Waals surface area contributed by atoms with Crippen LogP contribution in [0.25, 0.3) is 0 Å². The molecule has 2 aromatic rings. The number of hydrogen-bond acceptors (Lipinski definition) is 5. The Morgan fingerprint density at radius 2 is 1.96 bits per heavy atom. The number of aryl methyl sites for hydroxylation is 1. The van der Waals surface area contributed by atoms with Crippen molar-refractivity contribution in [3.05, 3.63) is 61.8 Å². The first-order valence-corrected chi connectivity index (χ1v) is 9.16. The van der Waals surface area contributed by atoms with Gasteiger partial charge in [0.25, 0.3) is 11.6 Å². The van der Waals surface area contributed by atoms with Gasteiger partial charge in [-0.15, -0.1) is 11.3 Å². The molecule has 3 rings (SSSR count). The molecule has 1 amide bonds. The van der Waals surface area contributed by atoms with E-state index in [1.807, 2.05) is 23.1 Å². The van der Waals surface area contributed by atoms with Crippen molar-refractivity contribution >= 4 is 22.9 Å². The van der Waals surface area contributed by atoms with Crippen LogP contribution in [0.2, 0.25) is 0 Å². The van der Waals surface area contributed by atoms with Gasteiger partial charge in [-0.1, -0.05) is 30.3 Å². The van der Waals surface area contributed by atoms with Crippen LogP contribution >= 0.6 is 11.3 Å². The number of nitro groups is 1. The van der Waals surface area contributed by atoms with E-state index in [4.69, 9.17) is 0 Å². The van der Waals surface area contributed by atoms with Crippen molar-refractivity contribution in [2.24, 2.45) is 0 Å². The zero-order chi connectivity index (χ0) is 17.8. The van der Waals surface area contributed by atoms with Crippen LogP contribution in [-0.2, 0) is 6.54 Å². The molecule has 0 radical (unpaired) electrons. The predicted molar refractivity (Wildman–Crippen MR) is 97.9 cm³/mol. The third-order valence-corrected chi connectivity index (χ3v) is 5.45. The molecule has 0 spiro atoms. The molecule has 1 aliphatic heterocycles. The predicted octanol–water partition coefficient (Wildman–Crippen LogP) is 3.31. The smallest absolute Gasteiger partial charge is 0.283 e. The van der Waals surface area contributed by atoms with E-state index in [1.54, 1.807) is 6.92 Å². The van der Waals surface area contributed by atoms with Crippen LogP contribution in [0.3, 0.4) is 0 Å². The lowest BCUT2D eigenvalue weighted by Crippen LogP contribution is -2.34. The summed E-state index contributed by atoms with van der Waals surface area (Å²) in [5, 5.41) is 11.0. The number of thiophene rings is 1. The van der Waals surface area contributed by atoms with Gasteiger partial charge in [-0.3, -0.25) is 19.8 Å². The summed E-state index contributed by atoms with van der Waals surface area (Å²) in [6.07, 6.45) is 0.908. The average Bonchev–Trinajstić information content (AvgIpc) is 2.84. The molecule has 7 heteroatoms. The molecule has 0 aliphatic carbocycles. The first-order valence-electron chi connectivity index (χ1n) is 8.35. The van der Waals surface area contributed by atoms with Crippen molar-refractivity contribution < 1.29 is 9.72 Å². The monoisotopic (exact) mass is 359 g/mol. The van der Waals surface area contributed by atoms with E-state index in [9.17, 15) is 14.9 Å². The molecule has 0 bridgehead atoms. The van der Waals surface area contributed by atoms with Gasteiger partial charge in [0.05, 0.1) is 14.7 Å². The maximum atomic E-state index is 12.7. The Morgan fingerprint density at radius 3 is 2.64 bits per heavy atom. The Bertz CT molecular complexity index is 760. The van der Waals surface area contributed by atoms with Gasteiger partial charge in [0.1, 0.15) is 0 Å². The average molecular weight is 359 g/mol. The van der Waals surface area contributed by atoms with E-state index >= 15 is 0 Å². The van der Waals surface area contributed by atoms with Gasteiger partial charge in [-0.05, 0) is 18.9 Å². The molecule has 0 saturated carbocycles. The summed E-state index contributed by atoms with van der Waals surface area (Å²) < 4.78 is 0. The summed E-state index contributed by atoms with van der Waals surface area (Å²) in [5.41, 5.74) is 1.31. The fourth-order valence-electron chi connectivity index (χ4n) is 3.09. The maximum absolute atomic E-state index is 12.7. The molecule has 0 N–H and O–H groups in total. The Morgan fingerprint density at radius 1 is 1.20 bits per heavy atom. The number of hydrogen-bond donors (Lipinski definition) is 0. The molecule has 25 heavy (non-hydrogen) atoms. The van der Waals surface area contributed by atoms with E-state index < -0.39 is 4.92 Å². The van der Waals surface area contributed by atoms with Crippen LogP contribution < -0.4 is 0 Å². The minimum atomic E-state index is -0.424. The first kappa shape index (κ1) is 17.6. The standard InChI is InChI=1S/C18H21N3O3S/c1-14-16(21(23)24)12-17(25-14)18(22)20-9-5-8-19(10-11-20)13-15-6-3-2-4-7-15/h2-4,6-7,12H,5,8-11,13H2,1H3. The SMILES string of the molecule is Cc1sc(C(=O)N2CCCN(Cc3ccccc3)CC2)cc1[N+](=O)[O-]. The van der Waals surface area contributed by atoms with Gasteiger partial charge in [0.15, 0.2) is 0 Å². The maximum Gasteiger partial charge on any atom is 0.283 e. The minimum Gasteiger partial charge on any atom is -0.337 e. The van der Waals surface area contributed by atoms with E-state index in [0.717, 1.165) is 26.1 Å². The molecular formula is C18H21N3O3S. The molecule has 0 atom stereocenters. The Balaban J connectivity index is 1.63. The zero-order valence-corrected chi connectivity index (χ0v) is 15.0. The quantitative estimate of drug-likeness (QED) is 0.620. The fraction of sp³-hybridized carbons (Fsp3) is 0.389. The van der Waals surface area contributed by atoms with Crippen LogP contribution in [0, 0.1) is 17.0 Å². The van der Waals surface area contributed by atoms with Gasteiger partial charge in [-0.25, -0.2) is 0 Å². The number of nitrogens with zero attached hydrogens (tertiary/aromatic N) is 3. The topological polar surface area (TPSA) is 66.7 Å². The number of benzene rings is 1. The lowest BCUT2D eigenvalue weighted by atomic mass is 10.2. The van der Waals surface area contributed by atoms with Crippen molar-refractivity contribution in [1.82, 2.24) is 9.80 Å². The largest absolute Gasteiger partial charge is 0.337 e. The minimum absolute atomic E-state index is 0.0360. The highest BCUT2D eigenvalue weighted by Crippen LogP contribution is 2.29. The Hall–Kier alpha value is -2.25. The summed E-state index contributed by atoms with van der Waals surface area (Å²) in [5.74, 6) is -0.0947. The second-order valence-corrected chi connectivity index (χ2v) is 7.47. The highest BCUT2D eigenvalue weighted by molar-refractivity contribution is 7.14. The molecule has 1 aromatic carbocycles. The number of carbonyl (C=O) groups excluding carboxylic acids is 1. The lowest BCUT2D eigenvalue weighted by molar-refractivity contribution is -0.385. The van der Waals surface area contributed by atoms with E-state index in [0.29, 0.717) is 22.8 Å². The van der Waals surface area contributed by atoms with Gasteiger partial charge < -0.3 is 4.90 Å². The Kier molecular flexibility index (Phi) is 5.45. The number of rotatable bonds is 4. The molecule has 132 valence electrons. The first-order chi connectivity index (χ1) is 12.0. The summed E-state index contributed by atoms with van der Waals surface area (Å²) >= 11 is 1.21. The highest BCUT2D eigenvalue weighted by Gasteiger charge is 2.25. The summed E-state index contributed by atoms with van der Waals surface area (Å²) in [6.45, 7) is 5.66. The van der Waals surface area contributed by atoms with Gasteiger partial charge in [0, 0.05) is 38.8 Å². The highest BCUT2D eigenvalue weighted by atomic mass is 32.1. The van der Waals surface area contributed by atoms with Crippen molar-refractivity contribution in [3.8, 4) is 0 Å². The molecule has 0 unspecified atom stereocenters. The van der Waals surface area contributed by atoms with Crippen LogP contribution in [0.15, 0.2) is 36.4 Å². The summed E-state index contributed by atoms with van der Waals surface area (Å²) in [7, 11) is 0. The summed E-state index contributed by atoms with van der Waals surface area (Å²) in [4.78, 5) is 28.5. The molecule has 1 fully saturated rings. The number of carbonyl (C=O) groups is 1. The van der Waals surface area contributed by atoms with Gasteiger partial charge in [0.2, 0.25) is 0 Å². The molecule has 6 nitrogen and oxygen atoms in total. The van der Waals surface area contributed by atoms with Crippen molar-refractivity contribution in [2.45, 2.75) is 19.9 Å². The molecule has 1 saturated heterocycles. The molecular weight excluding hydrogens is 338 g/mol. The van der Waals surface area contributed by atoms with Crippen molar-refractivity contribution in [3.63, 3.8) is 0 Å². The van der Waals surface area contributed by atoms with E-state index in [1.165, 1.54) is 23.0 Å². The fourth-order valence-corrected chi connectivity index (χ4v) is 4.04. The number of amides is 1. The van der Waals surface area contributed by atoms with Gasteiger partial charge in [-0.2, -0.15) is 0 Å². The Labute approximate surface area is 150 Å². The van der Waals surface area contributed by atoms with Crippen LogP contribution in [0.1, 0.15) is 26.5 Å². The van der Waals surface area contributed by atoms with Crippen LogP contribution in [0.4, 0.5) is 5.69 Å². The van der Waals surface area contributed by atoms with E-state index in [-0.39, 0.29) is 11.6 Å². The van der Waals surface area contributed by atoms with Crippen LogP contribution in [-0.4, -0.2) is 46.8 Å². The lowest BCUT2D eigenvalue weighted by Gasteiger charge is -2.21. The molecule has 1 aliphatic rings. The summed E-state index contributed by atoms with van der Waals surface area (Å²) in [6, 6.07) is 11.7. The van der Waals surface area contributed by atoms with Crippen molar-refractivity contribution in [2.75, 3.05) is 26.2 Å². The second-order valence-electron chi connectivity index (χ2n) is 6.22. The normalized spacial score (nSPS) is 15.8. The van der Waals surface area contributed by atoms with Gasteiger partial charge >= 0.3 is 0 Å². The van der Waals surface area contributed by atoms with E-state index in [2.05, 4.69) is 17.0 Å². The molecule has 2 heterocycles. The molecule has 1 aromatic heterocycles. The second kappa shape index (κ2) is 7.76.